The number of carbonyl (C=O) groups excluding carboxylic acids is 2. The van der Waals surface area contributed by atoms with Crippen LogP contribution in [0.15, 0.2) is 83.7 Å². The van der Waals surface area contributed by atoms with Crippen LogP contribution >= 0.6 is 0 Å². The number of benzene rings is 3. The fourth-order valence-corrected chi connectivity index (χ4v) is 3.80. The van der Waals surface area contributed by atoms with E-state index >= 15 is 0 Å². The van der Waals surface area contributed by atoms with E-state index < -0.39 is 23.7 Å². The molecule has 4 aromatic rings. The number of para-hydroxylation sites is 2. The minimum atomic E-state index is -0.950. The molecule has 0 unspecified atom stereocenters. The molecule has 0 fully saturated rings. The highest BCUT2D eigenvalue weighted by atomic mass is 16.6. The summed E-state index contributed by atoms with van der Waals surface area (Å²) in [5.41, 5.74) is 2.87. The largest absolute Gasteiger partial charge is 0.458 e. The van der Waals surface area contributed by atoms with Gasteiger partial charge in [-0.25, -0.2) is 14.4 Å². The molecule has 2 N–H and O–H groups in total. The summed E-state index contributed by atoms with van der Waals surface area (Å²) in [5, 5.41) is 2.64. The second kappa shape index (κ2) is 10.5. The van der Waals surface area contributed by atoms with Gasteiger partial charge < -0.3 is 19.8 Å². The zero-order chi connectivity index (χ0) is 25.7. The van der Waals surface area contributed by atoms with Gasteiger partial charge in [0.1, 0.15) is 18.2 Å². The number of hydrogen-bond acceptors (Lipinski definition) is 5. The van der Waals surface area contributed by atoms with E-state index in [1.54, 1.807) is 37.5 Å². The highest BCUT2D eigenvalue weighted by Crippen LogP contribution is 2.17. The first kappa shape index (κ1) is 24.8. The Hall–Kier alpha value is -4.33. The van der Waals surface area contributed by atoms with E-state index in [0.29, 0.717) is 5.69 Å². The molecule has 36 heavy (non-hydrogen) atoms. The number of imidazole rings is 1. The Balaban J connectivity index is 1.49. The number of alkyl carbamates (subject to hydrolysis) is 1. The number of carbonyl (C=O) groups is 2. The molecule has 0 saturated heterocycles. The summed E-state index contributed by atoms with van der Waals surface area (Å²) >= 11 is 0. The molecule has 3 aromatic carbocycles. The molecule has 1 heterocycles. The highest BCUT2D eigenvalue weighted by molar-refractivity contribution is 5.82. The number of nitrogens with one attached hydrogen (secondary N) is 2. The number of nitrogens with zero attached hydrogens (tertiary/aromatic N) is 1. The molecule has 0 aliphatic carbocycles. The minimum Gasteiger partial charge on any atom is -0.458 e. The maximum atomic E-state index is 12.9. The smallest absolute Gasteiger partial charge is 0.408 e. The molecule has 0 aliphatic rings. The fraction of sp³-hybridized carbons (Fsp3) is 0.250. The van der Waals surface area contributed by atoms with Gasteiger partial charge in [0, 0.05) is 6.42 Å². The number of aromatic amines is 1. The van der Waals surface area contributed by atoms with E-state index in [1.165, 1.54) is 0 Å². The van der Waals surface area contributed by atoms with Crippen molar-refractivity contribution < 1.29 is 19.1 Å². The third-order valence-electron chi connectivity index (χ3n) is 5.42. The van der Waals surface area contributed by atoms with Crippen molar-refractivity contribution in [3.05, 3.63) is 100 Å². The molecule has 0 bridgehead atoms. The van der Waals surface area contributed by atoms with Crippen LogP contribution in [0.2, 0.25) is 0 Å². The van der Waals surface area contributed by atoms with E-state index in [9.17, 15) is 14.4 Å². The van der Waals surface area contributed by atoms with Gasteiger partial charge in [-0.15, -0.1) is 0 Å². The zero-order valence-corrected chi connectivity index (χ0v) is 20.5. The lowest BCUT2D eigenvalue weighted by Gasteiger charge is -2.24. The Bertz CT molecular complexity index is 1400. The number of amides is 1. The Morgan fingerprint density at radius 1 is 0.917 bits per heavy atom. The van der Waals surface area contributed by atoms with E-state index in [-0.39, 0.29) is 18.7 Å². The molecule has 0 aliphatic heterocycles. The zero-order valence-electron chi connectivity index (χ0n) is 20.5. The predicted molar refractivity (Wildman–Crippen MR) is 137 cm³/mol. The lowest BCUT2D eigenvalue weighted by atomic mass is 10.0. The Morgan fingerprint density at radius 3 is 2.28 bits per heavy atom. The van der Waals surface area contributed by atoms with Crippen LogP contribution in [-0.4, -0.2) is 33.3 Å². The molecule has 0 radical (unpaired) electrons. The topological polar surface area (TPSA) is 102 Å². The van der Waals surface area contributed by atoms with Crippen molar-refractivity contribution in [2.45, 2.75) is 45.4 Å². The van der Waals surface area contributed by atoms with E-state index in [4.69, 9.17) is 9.47 Å². The maximum Gasteiger partial charge on any atom is 0.408 e. The van der Waals surface area contributed by atoms with Crippen LogP contribution in [0.3, 0.4) is 0 Å². The van der Waals surface area contributed by atoms with Crippen molar-refractivity contribution in [1.82, 2.24) is 14.9 Å². The van der Waals surface area contributed by atoms with Gasteiger partial charge in [-0.3, -0.25) is 4.57 Å². The number of esters is 1. The molecule has 4 rings (SSSR count). The molecular weight excluding hydrogens is 458 g/mol. The minimum absolute atomic E-state index is 0.0851. The summed E-state index contributed by atoms with van der Waals surface area (Å²) in [6.45, 7) is 5.39. The summed E-state index contributed by atoms with van der Waals surface area (Å²) in [7, 11) is 0. The molecule has 0 saturated carbocycles. The molecular formula is C28H29N3O5. The normalized spacial score (nSPS) is 12.2. The fourth-order valence-electron chi connectivity index (χ4n) is 3.80. The van der Waals surface area contributed by atoms with Crippen LogP contribution in [0.1, 0.15) is 31.9 Å². The first-order valence-corrected chi connectivity index (χ1v) is 11.7. The maximum absolute atomic E-state index is 12.9. The van der Waals surface area contributed by atoms with Gasteiger partial charge in [-0.1, -0.05) is 54.6 Å². The summed E-state index contributed by atoms with van der Waals surface area (Å²) in [6, 6.07) is 23.0. The SMILES string of the molecule is CC(C)(C)OC(=O)[C@H](Cc1ccc(-n2c(=O)[nH]c3ccccc32)cc1)NC(=O)OCc1ccccc1. The van der Waals surface area contributed by atoms with Gasteiger partial charge in [-0.05, 0) is 56.2 Å². The summed E-state index contributed by atoms with van der Waals surface area (Å²) in [6.07, 6.45) is -0.519. The van der Waals surface area contributed by atoms with Gasteiger partial charge in [0.25, 0.3) is 0 Å². The summed E-state index contributed by atoms with van der Waals surface area (Å²) < 4.78 is 12.4. The number of aromatic nitrogens is 2. The van der Waals surface area contributed by atoms with Gasteiger partial charge in [-0.2, -0.15) is 0 Å². The van der Waals surface area contributed by atoms with Crippen molar-refractivity contribution in [2.24, 2.45) is 0 Å². The van der Waals surface area contributed by atoms with Crippen molar-refractivity contribution in [2.75, 3.05) is 0 Å². The third kappa shape index (κ3) is 6.21. The molecule has 1 aromatic heterocycles. The quantitative estimate of drug-likeness (QED) is 0.374. The number of rotatable bonds is 7. The van der Waals surface area contributed by atoms with Crippen LogP contribution < -0.4 is 11.0 Å². The Morgan fingerprint density at radius 2 is 1.58 bits per heavy atom. The molecule has 8 nitrogen and oxygen atoms in total. The lowest BCUT2D eigenvalue weighted by molar-refractivity contribution is -0.157. The van der Waals surface area contributed by atoms with Crippen LogP contribution in [0.25, 0.3) is 16.7 Å². The van der Waals surface area contributed by atoms with E-state index in [2.05, 4.69) is 10.3 Å². The third-order valence-corrected chi connectivity index (χ3v) is 5.42. The average molecular weight is 488 g/mol. The molecule has 8 heteroatoms. The van der Waals surface area contributed by atoms with Crippen molar-refractivity contribution in [3.63, 3.8) is 0 Å². The number of ether oxygens (including phenoxy) is 2. The lowest BCUT2D eigenvalue weighted by Crippen LogP contribution is -2.45. The van der Waals surface area contributed by atoms with Crippen molar-refractivity contribution in [3.8, 4) is 5.69 Å². The van der Waals surface area contributed by atoms with Crippen molar-refractivity contribution >= 4 is 23.1 Å². The molecule has 1 atom stereocenters. The number of fused-ring (bicyclic) bond motifs is 1. The Labute approximate surface area is 208 Å². The second-order valence-corrected chi connectivity index (χ2v) is 9.45. The van der Waals surface area contributed by atoms with Crippen LogP contribution in [-0.2, 0) is 27.3 Å². The monoisotopic (exact) mass is 487 g/mol. The van der Waals surface area contributed by atoms with E-state index in [1.807, 2.05) is 66.7 Å². The highest BCUT2D eigenvalue weighted by Gasteiger charge is 2.27. The van der Waals surface area contributed by atoms with Crippen LogP contribution in [0, 0.1) is 0 Å². The predicted octanol–water partition coefficient (Wildman–Crippen LogP) is 4.50. The molecule has 0 spiro atoms. The van der Waals surface area contributed by atoms with Gasteiger partial charge >= 0.3 is 17.8 Å². The summed E-state index contributed by atoms with van der Waals surface area (Å²) in [4.78, 5) is 40.7. The first-order valence-electron chi connectivity index (χ1n) is 11.7. The number of hydrogen-bond donors (Lipinski definition) is 2. The van der Waals surface area contributed by atoms with Crippen LogP contribution in [0.4, 0.5) is 4.79 Å². The van der Waals surface area contributed by atoms with Gasteiger partial charge in [0.05, 0.1) is 16.7 Å². The molecule has 186 valence electrons. The standard InChI is InChI=1S/C28H29N3O5/c1-28(2,3)36-25(32)23(30-27(34)35-18-20-9-5-4-6-10-20)17-19-13-15-21(16-14-19)31-24-12-8-7-11-22(24)29-26(31)33/h4-16,23H,17-18H2,1-3H3,(H,29,33)(H,30,34)/t23-/m0/s1. The molecule has 1 amide bonds. The number of H-pyrrole nitrogens is 1. The first-order chi connectivity index (χ1) is 17.2. The second-order valence-electron chi connectivity index (χ2n) is 9.45. The Kier molecular flexibility index (Phi) is 7.24. The van der Waals surface area contributed by atoms with Gasteiger partial charge in [0.2, 0.25) is 0 Å². The van der Waals surface area contributed by atoms with Crippen molar-refractivity contribution in [1.29, 1.82) is 0 Å². The average Bonchev–Trinajstić information content (AvgIpc) is 3.18. The van der Waals surface area contributed by atoms with Crippen LogP contribution in [0.5, 0.6) is 0 Å². The van der Waals surface area contributed by atoms with E-state index in [0.717, 1.165) is 22.2 Å². The summed E-state index contributed by atoms with van der Waals surface area (Å²) in [5.74, 6) is -0.559. The van der Waals surface area contributed by atoms with Gasteiger partial charge in [0.15, 0.2) is 0 Å².